The van der Waals surface area contributed by atoms with Crippen LogP contribution in [0.4, 0.5) is 11.4 Å². The van der Waals surface area contributed by atoms with Crippen LogP contribution in [0.3, 0.4) is 0 Å². The zero-order valence-corrected chi connectivity index (χ0v) is 20.1. The summed E-state index contributed by atoms with van der Waals surface area (Å²) >= 11 is 17.6. The third-order valence-corrected chi connectivity index (χ3v) is 5.25. The molecule has 0 aromatic heterocycles. The first-order valence-corrected chi connectivity index (χ1v) is 11.1. The van der Waals surface area contributed by atoms with Crippen LogP contribution in [0, 0.1) is 6.92 Å². The molecule has 0 aliphatic carbocycles. The van der Waals surface area contributed by atoms with E-state index in [1.165, 1.54) is 0 Å². The predicted molar refractivity (Wildman–Crippen MR) is 132 cm³/mol. The Morgan fingerprint density at radius 3 is 2.65 bits per heavy atom. The minimum atomic E-state index is -0.218. The second-order valence-electron chi connectivity index (χ2n) is 6.71. The zero-order chi connectivity index (χ0) is 22.8. The van der Waals surface area contributed by atoms with Crippen LogP contribution in [0.1, 0.15) is 30.9 Å². The maximum Gasteiger partial charge on any atom is 0.305 e. The molecule has 0 unspecified atom stereocenters. The highest BCUT2D eigenvalue weighted by atomic mass is 35.5. The van der Waals surface area contributed by atoms with E-state index in [0.29, 0.717) is 53.5 Å². The lowest BCUT2D eigenvalue weighted by molar-refractivity contribution is -0.143. The number of ether oxygens (including phenoxy) is 2. The Morgan fingerprint density at radius 1 is 1.19 bits per heavy atom. The maximum absolute atomic E-state index is 11.5. The van der Waals surface area contributed by atoms with E-state index in [2.05, 4.69) is 16.0 Å². The van der Waals surface area contributed by atoms with Gasteiger partial charge in [-0.05, 0) is 61.8 Å². The number of hydrogen-bond donors (Lipinski definition) is 3. The Kier molecular flexibility index (Phi) is 10.2. The van der Waals surface area contributed by atoms with Gasteiger partial charge in [0.25, 0.3) is 0 Å². The lowest BCUT2D eigenvalue weighted by Gasteiger charge is -2.19. The van der Waals surface area contributed by atoms with Crippen LogP contribution in [-0.4, -0.2) is 31.3 Å². The van der Waals surface area contributed by atoms with E-state index >= 15 is 0 Å². The molecule has 9 heteroatoms. The Morgan fingerprint density at radius 2 is 1.97 bits per heavy atom. The summed E-state index contributed by atoms with van der Waals surface area (Å²) in [6.07, 6.45) is 0.897. The third kappa shape index (κ3) is 8.09. The Labute approximate surface area is 198 Å². The summed E-state index contributed by atoms with van der Waals surface area (Å²) in [6.45, 7) is 5.03. The first-order valence-electron chi connectivity index (χ1n) is 9.93. The van der Waals surface area contributed by atoms with E-state index in [9.17, 15) is 4.79 Å². The lowest BCUT2D eigenvalue weighted by Crippen LogP contribution is -2.25. The Hall–Kier alpha value is -2.22. The standard InChI is InChI=1S/C22H27Cl2N3O3S/c1-4-29-20(28)6-5-9-30-17-10-14(2)21(27-22(31)25-3)19(12-17)26-13-15-7-8-16(23)11-18(15)24/h7-8,10-12,26H,4-6,9,13H2,1-3H3,(H2,25,27,31). The molecule has 31 heavy (non-hydrogen) atoms. The SMILES string of the molecule is CCOC(=O)CCCOc1cc(C)c(NC(=S)NC)c(NCc2ccc(Cl)cc2Cl)c1. The molecule has 168 valence electrons. The molecule has 0 aliphatic rings. The first kappa shape index (κ1) is 25.0. The summed E-state index contributed by atoms with van der Waals surface area (Å²) in [5, 5.41) is 11.2. The number of halogens is 2. The third-order valence-electron chi connectivity index (χ3n) is 4.36. The Bertz CT molecular complexity index is 925. The second kappa shape index (κ2) is 12.6. The molecule has 0 aliphatic heterocycles. The van der Waals surface area contributed by atoms with Gasteiger partial charge in [0.1, 0.15) is 5.75 Å². The molecule has 0 saturated carbocycles. The van der Waals surface area contributed by atoms with Crippen LogP contribution in [0.15, 0.2) is 30.3 Å². The maximum atomic E-state index is 11.5. The van der Waals surface area contributed by atoms with Crippen LogP contribution >= 0.6 is 35.4 Å². The molecule has 0 spiro atoms. The molecule has 0 fully saturated rings. The number of aryl methyl sites for hydroxylation is 1. The van der Waals surface area contributed by atoms with Gasteiger partial charge in [-0.15, -0.1) is 0 Å². The van der Waals surface area contributed by atoms with Crippen LogP contribution in [0.25, 0.3) is 0 Å². The molecule has 0 amide bonds. The fraction of sp³-hybridized carbons (Fsp3) is 0.364. The van der Waals surface area contributed by atoms with Gasteiger partial charge in [0, 0.05) is 36.1 Å². The number of benzene rings is 2. The second-order valence-corrected chi connectivity index (χ2v) is 7.97. The van der Waals surface area contributed by atoms with E-state index in [0.717, 1.165) is 22.5 Å². The molecule has 0 saturated heterocycles. The number of nitrogens with one attached hydrogen (secondary N) is 3. The highest BCUT2D eigenvalue weighted by molar-refractivity contribution is 7.80. The summed E-state index contributed by atoms with van der Waals surface area (Å²) < 4.78 is 10.8. The summed E-state index contributed by atoms with van der Waals surface area (Å²) in [5.41, 5.74) is 3.50. The van der Waals surface area contributed by atoms with Crippen molar-refractivity contribution in [2.75, 3.05) is 30.9 Å². The van der Waals surface area contributed by atoms with Crippen molar-refractivity contribution in [1.82, 2.24) is 5.32 Å². The van der Waals surface area contributed by atoms with Gasteiger partial charge in [-0.2, -0.15) is 0 Å². The van der Waals surface area contributed by atoms with Gasteiger partial charge in [0.05, 0.1) is 24.6 Å². The largest absolute Gasteiger partial charge is 0.493 e. The predicted octanol–water partition coefficient (Wildman–Crippen LogP) is 5.55. The van der Waals surface area contributed by atoms with Crippen molar-refractivity contribution in [3.8, 4) is 5.75 Å². The van der Waals surface area contributed by atoms with Crippen molar-refractivity contribution in [1.29, 1.82) is 0 Å². The number of carbonyl (C=O) groups excluding carboxylic acids is 1. The van der Waals surface area contributed by atoms with Gasteiger partial charge < -0.3 is 25.4 Å². The van der Waals surface area contributed by atoms with Crippen molar-refractivity contribution < 1.29 is 14.3 Å². The molecule has 2 aromatic rings. The molecule has 6 nitrogen and oxygen atoms in total. The van der Waals surface area contributed by atoms with Crippen molar-refractivity contribution >= 4 is 57.9 Å². The zero-order valence-electron chi connectivity index (χ0n) is 17.8. The quantitative estimate of drug-likeness (QED) is 0.232. The van der Waals surface area contributed by atoms with E-state index in [4.69, 9.17) is 44.9 Å². The lowest BCUT2D eigenvalue weighted by atomic mass is 10.1. The molecule has 0 heterocycles. The van der Waals surface area contributed by atoms with E-state index < -0.39 is 0 Å². The van der Waals surface area contributed by atoms with E-state index in [-0.39, 0.29) is 5.97 Å². The number of thiocarbonyl (C=S) groups is 1. The van der Waals surface area contributed by atoms with Crippen LogP contribution in [-0.2, 0) is 16.1 Å². The van der Waals surface area contributed by atoms with E-state index in [1.807, 2.05) is 25.1 Å². The molecule has 3 N–H and O–H groups in total. The summed E-state index contributed by atoms with van der Waals surface area (Å²) in [7, 11) is 1.76. The van der Waals surface area contributed by atoms with Gasteiger partial charge in [-0.3, -0.25) is 4.79 Å². The molecule has 2 aromatic carbocycles. The average molecular weight is 484 g/mol. The summed E-state index contributed by atoms with van der Waals surface area (Å²) in [4.78, 5) is 11.5. The molecule has 0 atom stereocenters. The highest BCUT2D eigenvalue weighted by Crippen LogP contribution is 2.33. The van der Waals surface area contributed by atoms with Crippen LogP contribution in [0.2, 0.25) is 10.0 Å². The molecular weight excluding hydrogens is 457 g/mol. The minimum Gasteiger partial charge on any atom is -0.493 e. The van der Waals surface area contributed by atoms with Crippen LogP contribution < -0.4 is 20.7 Å². The number of hydrogen-bond acceptors (Lipinski definition) is 5. The van der Waals surface area contributed by atoms with Gasteiger partial charge >= 0.3 is 5.97 Å². The summed E-state index contributed by atoms with van der Waals surface area (Å²) in [5.74, 6) is 0.469. The number of anilines is 2. The highest BCUT2D eigenvalue weighted by Gasteiger charge is 2.12. The molecule has 0 radical (unpaired) electrons. The van der Waals surface area contributed by atoms with E-state index in [1.54, 1.807) is 26.1 Å². The van der Waals surface area contributed by atoms with Crippen molar-refractivity contribution in [2.24, 2.45) is 0 Å². The fourth-order valence-electron chi connectivity index (χ4n) is 2.81. The number of esters is 1. The van der Waals surface area contributed by atoms with Gasteiger partial charge in [-0.25, -0.2) is 0 Å². The van der Waals surface area contributed by atoms with Crippen molar-refractivity contribution in [3.63, 3.8) is 0 Å². The van der Waals surface area contributed by atoms with Crippen LogP contribution in [0.5, 0.6) is 5.75 Å². The molecular formula is C22H27Cl2N3O3S. The van der Waals surface area contributed by atoms with Crippen molar-refractivity contribution in [3.05, 3.63) is 51.5 Å². The summed E-state index contributed by atoms with van der Waals surface area (Å²) in [6, 6.07) is 9.20. The van der Waals surface area contributed by atoms with Crippen molar-refractivity contribution in [2.45, 2.75) is 33.2 Å². The Balaban J connectivity index is 2.14. The molecule has 2 rings (SSSR count). The minimum absolute atomic E-state index is 0.218. The number of carbonyl (C=O) groups is 1. The average Bonchev–Trinajstić information content (AvgIpc) is 2.72. The fourth-order valence-corrected chi connectivity index (χ4v) is 3.39. The normalized spacial score (nSPS) is 10.4. The first-order chi connectivity index (χ1) is 14.8. The van der Waals surface area contributed by atoms with Gasteiger partial charge in [0.15, 0.2) is 5.11 Å². The van der Waals surface area contributed by atoms with Gasteiger partial charge in [0.2, 0.25) is 0 Å². The topological polar surface area (TPSA) is 71.6 Å². The monoisotopic (exact) mass is 483 g/mol. The smallest absolute Gasteiger partial charge is 0.305 e. The number of rotatable bonds is 10. The molecule has 0 bridgehead atoms. The van der Waals surface area contributed by atoms with Gasteiger partial charge in [-0.1, -0.05) is 29.3 Å².